The number of thioether (sulfide) groups is 1. The second-order valence-electron chi connectivity index (χ2n) is 5.01. The molecule has 0 aromatic heterocycles. The largest absolute Gasteiger partial charge is 0.295 e. The summed E-state index contributed by atoms with van der Waals surface area (Å²) < 4.78 is 0. The van der Waals surface area contributed by atoms with Crippen LogP contribution in [0.1, 0.15) is 51.4 Å². The van der Waals surface area contributed by atoms with Gasteiger partial charge in [0.2, 0.25) is 0 Å². The molecular formula is C14H22OS. The van der Waals surface area contributed by atoms with E-state index in [-0.39, 0.29) is 0 Å². The van der Waals surface area contributed by atoms with E-state index in [1.165, 1.54) is 43.6 Å². The van der Waals surface area contributed by atoms with Crippen LogP contribution in [0.25, 0.3) is 0 Å². The van der Waals surface area contributed by atoms with Crippen molar-refractivity contribution in [3.05, 3.63) is 11.6 Å². The molecule has 0 N–H and O–H groups in total. The van der Waals surface area contributed by atoms with E-state index in [9.17, 15) is 4.79 Å². The molecule has 1 fully saturated rings. The highest BCUT2D eigenvalue weighted by atomic mass is 32.2. The minimum Gasteiger partial charge on any atom is -0.295 e. The molecule has 2 aliphatic rings. The van der Waals surface area contributed by atoms with Crippen molar-refractivity contribution in [2.75, 3.05) is 11.5 Å². The zero-order chi connectivity index (χ0) is 11.2. The van der Waals surface area contributed by atoms with Crippen LogP contribution in [0, 0.1) is 5.92 Å². The zero-order valence-electron chi connectivity index (χ0n) is 10.0. The molecule has 2 rings (SSSR count). The van der Waals surface area contributed by atoms with Gasteiger partial charge in [0.05, 0.1) is 0 Å². The Morgan fingerprint density at radius 2 is 2.06 bits per heavy atom. The standard InChI is InChI=1S/C14H22OS/c15-14(11-12-7-9-16-10-8-12)13-5-3-1-2-4-6-13/h5,12H,1-4,6-11H2. The van der Waals surface area contributed by atoms with Crippen LogP contribution in [0.15, 0.2) is 11.6 Å². The number of Topliss-reactive ketones (excluding diaryl/α,β-unsaturated/α-hetero) is 1. The van der Waals surface area contributed by atoms with Crippen LogP contribution >= 0.6 is 11.8 Å². The molecule has 0 unspecified atom stereocenters. The number of allylic oxidation sites excluding steroid dienone is 2. The molecule has 0 radical (unpaired) electrons. The normalized spacial score (nSPS) is 23.6. The minimum absolute atomic E-state index is 0.457. The lowest BCUT2D eigenvalue weighted by atomic mass is 9.92. The van der Waals surface area contributed by atoms with Crippen LogP contribution in [0.2, 0.25) is 0 Å². The topological polar surface area (TPSA) is 17.1 Å². The summed E-state index contributed by atoms with van der Waals surface area (Å²) in [6.07, 6.45) is 11.5. The SMILES string of the molecule is O=C(CC1CCSCC1)C1=CCCCCC1. The molecule has 1 aliphatic carbocycles. The maximum Gasteiger partial charge on any atom is 0.158 e. The minimum atomic E-state index is 0.457. The quantitative estimate of drug-likeness (QED) is 0.740. The Labute approximate surface area is 103 Å². The fourth-order valence-electron chi connectivity index (χ4n) is 2.61. The summed E-state index contributed by atoms with van der Waals surface area (Å²) in [7, 11) is 0. The van der Waals surface area contributed by atoms with Crippen molar-refractivity contribution in [2.45, 2.75) is 51.4 Å². The van der Waals surface area contributed by atoms with Crippen molar-refractivity contribution in [1.29, 1.82) is 0 Å². The van der Waals surface area contributed by atoms with Crippen molar-refractivity contribution in [1.82, 2.24) is 0 Å². The maximum atomic E-state index is 12.1. The Hall–Kier alpha value is -0.240. The summed E-state index contributed by atoms with van der Waals surface area (Å²) in [5, 5.41) is 0. The molecule has 1 aliphatic heterocycles. The van der Waals surface area contributed by atoms with Gasteiger partial charge in [-0.1, -0.05) is 12.5 Å². The van der Waals surface area contributed by atoms with E-state index in [2.05, 4.69) is 6.08 Å². The third-order valence-corrected chi connectivity index (χ3v) is 4.76. The predicted octanol–water partition coefficient (Wildman–Crippen LogP) is 3.98. The molecule has 2 heteroatoms. The van der Waals surface area contributed by atoms with Crippen molar-refractivity contribution >= 4 is 17.5 Å². The third kappa shape index (κ3) is 3.65. The van der Waals surface area contributed by atoms with E-state index in [0.717, 1.165) is 24.8 Å². The fourth-order valence-corrected chi connectivity index (χ4v) is 3.82. The molecule has 16 heavy (non-hydrogen) atoms. The molecule has 1 nitrogen and oxygen atoms in total. The second kappa shape index (κ2) is 6.48. The van der Waals surface area contributed by atoms with Crippen LogP contribution in [0.5, 0.6) is 0 Å². The van der Waals surface area contributed by atoms with E-state index >= 15 is 0 Å². The lowest BCUT2D eigenvalue weighted by Crippen LogP contribution is -2.15. The summed E-state index contributed by atoms with van der Waals surface area (Å²) in [5.74, 6) is 3.66. The molecule has 0 aromatic carbocycles. The molecule has 0 aromatic rings. The lowest BCUT2D eigenvalue weighted by molar-refractivity contribution is -0.116. The monoisotopic (exact) mass is 238 g/mol. The number of ketones is 1. The zero-order valence-corrected chi connectivity index (χ0v) is 10.9. The van der Waals surface area contributed by atoms with Gasteiger partial charge in [-0.3, -0.25) is 4.79 Å². The van der Waals surface area contributed by atoms with Gasteiger partial charge in [-0.2, -0.15) is 11.8 Å². The molecular weight excluding hydrogens is 216 g/mol. The molecule has 0 atom stereocenters. The van der Waals surface area contributed by atoms with Gasteiger partial charge < -0.3 is 0 Å². The molecule has 0 bridgehead atoms. The van der Waals surface area contributed by atoms with Gasteiger partial charge in [0.1, 0.15) is 0 Å². The highest BCUT2D eigenvalue weighted by molar-refractivity contribution is 7.99. The molecule has 0 saturated carbocycles. The summed E-state index contributed by atoms with van der Waals surface area (Å²) in [5.41, 5.74) is 1.15. The van der Waals surface area contributed by atoms with Gasteiger partial charge in [0, 0.05) is 6.42 Å². The Morgan fingerprint density at radius 1 is 1.25 bits per heavy atom. The van der Waals surface area contributed by atoms with Crippen molar-refractivity contribution < 1.29 is 4.79 Å². The van der Waals surface area contributed by atoms with E-state index in [1.807, 2.05) is 11.8 Å². The molecule has 1 heterocycles. The summed E-state index contributed by atoms with van der Waals surface area (Å²) in [6, 6.07) is 0. The van der Waals surface area contributed by atoms with Crippen LogP contribution < -0.4 is 0 Å². The van der Waals surface area contributed by atoms with E-state index in [1.54, 1.807) is 0 Å². The second-order valence-corrected chi connectivity index (χ2v) is 6.24. The first-order chi connectivity index (χ1) is 7.86. The lowest BCUT2D eigenvalue weighted by Gasteiger charge is -2.20. The van der Waals surface area contributed by atoms with Gasteiger partial charge in [0.25, 0.3) is 0 Å². The van der Waals surface area contributed by atoms with Crippen molar-refractivity contribution in [2.24, 2.45) is 5.92 Å². The van der Waals surface area contributed by atoms with Gasteiger partial charge >= 0.3 is 0 Å². The van der Waals surface area contributed by atoms with E-state index in [0.29, 0.717) is 11.7 Å². The Balaban J connectivity index is 1.83. The first kappa shape index (κ1) is 12.2. The van der Waals surface area contributed by atoms with Crippen molar-refractivity contribution in [3.63, 3.8) is 0 Å². The summed E-state index contributed by atoms with van der Waals surface area (Å²) in [4.78, 5) is 12.1. The third-order valence-electron chi connectivity index (χ3n) is 3.71. The molecule has 1 saturated heterocycles. The Bertz CT molecular complexity index is 264. The number of carbonyl (C=O) groups is 1. The van der Waals surface area contributed by atoms with Crippen LogP contribution in [0.4, 0.5) is 0 Å². The highest BCUT2D eigenvalue weighted by Gasteiger charge is 2.19. The van der Waals surface area contributed by atoms with E-state index in [4.69, 9.17) is 0 Å². The first-order valence-electron chi connectivity index (χ1n) is 6.66. The highest BCUT2D eigenvalue weighted by Crippen LogP contribution is 2.28. The first-order valence-corrected chi connectivity index (χ1v) is 7.81. The van der Waals surface area contributed by atoms with Gasteiger partial charge in [-0.25, -0.2) is 0 Å². The fraction of sp³-hybridized carbons (Fsp3) is 0.786. The Kier molecular flexibility index (Phi) is 4.95. The molecule has 0 spiro atoms. The van der Waals surface area contributed by atoms with Crippen LogP contribution in [-0.2, 0) is 4.79 Å². The van der Waals surface area contributed by atoms with E-state index < -0.39 is 0 Å². The average Bonchev–Trinajstić information content (AvgIpc) is 2.59. The maximum absolute atomic E-state index is 12.1. The smallest absolute Gasteiger partial charge is 0.158 e. The van der Waals surface area contributed by atoms with Gasteiger partial charge in [0.15, 0.2) is 5.78 Å². The van der Waals surface area contributed by atoms with Crippen molar-refractivity contribution in [3.8, 4) is 0 Å². The Morgan fingerprint density at radius 3 is 2.88 bits per heavy atom. The number of hydrogen-bond donors (Lipinski definition) is 0. The predicted molar refractivity (Wildman–Crippen MR) is 70.8 cm³/mol. The number of rotatable bonds is 3. The summed E-state index contributed by atoms with van der Waals surface area (Å²) >= 11 is 2.04. The van der Waals surface area contributed by atoms with Gasteiger partial charge in [-0.15, -0.1) is 0 Å². The number of carbonyl (C=O) groups excluding carboxylic acids is 1. The van der Waals surface area contributed by atoms with Gasteiger partial charge in [-0.05, 0) is 61.5 Å². The molecule has 90 valence electrons. The molecule has 0 amide bonds. The van der Waals surface area contributed by atoms with Crippen LogP contribution in [-0.4, -0.2) is 17.3 Å². The van der Waals surface area contributed by atoms with Crippen LogP contribution in [0.3, 0.4) is 0 Å². The average molecular weight is 238 g/mol. The summed E-state index contributed by atoms with van der Waals surface area (Å²) in [6.45, 7) is 0. The number of hydrogen-bond acceptors (Lipinski definition) is 2.